The summed E-state index contributed by atoms with van der Waals surface area (Å²) in [5, 5.41) is 9.82. The van der Waals surface area contributed by atoms with E-state index in [2.05, 4.69) is 34.1 Å². The van der Waals surface area contributed by atoms with Gasteiger partial charge in [0.1, 0.15) is 0 Å². The van der Waals surface area contributed by atoms with E-state index < -0.39 is 0 Å². The van der Waals surface area contributed by atoms with E-state index in [1.54, 1.807) is 0 Å². The maximum absolute atomic E-state index is 13.2. The molecule has 2 atom stereocenters. The standard InChI is InChI=1S/C24H36N2O3/c27-21-12-14-25(15-13-21)18-22-24(20-8-2-1-3-9-20)26(16-17-29-22)23(28)11-10-19-6-4-5-7-19/h1-3,8-9,19,21-22,24,27H,4-7,10-18H2/t22-,24-/m0/s1. The first-order valence-corrected chi connectivity index (χ1v) is 11.6. The zero-order valence-corrected chi connectivity index (χ0v) is 17.5. The van der Waals surface area contributed by atoms with Gasteiger partial charge in [0.25, 0.3) is 0 Å². The normalized spacial score (nSPS) is 27.4. The Morgan fingerprint density at radius 2 is 1.76 bits per heavy atom. The number of ether oxygens (including phenoxy) is 1. The number of morpholine rings is 1. The van der Waals surface area contributed by atoms with Gasteiger partial charge in [-0.1, -0.05) is 56.0 Å². The van der Waals surface area contributed by atoms with Gasteiger partial charge >= 0.3 is 0 Å². The summed E-state index contributed by atoms with van der Waals surface area (Å²) in [5.74, 6) is 1.03. The molecule has 1 aromatic rings. The molecule has 3 aliphatic rings. The van der Waals surface area contributed by atoms with Crippen LogP contribution in [0.1, 0.15) is 63.0 Å². The van der Waals surface area contributed by atoms with Crippen LogP contribution in [0.4, 0.5) is 0 Å². The summed E-state index contributed by atoms with van der Waals surface area (Å²) in [4.78, 5) is 17.7. The number of aliphatic hydroxyl groups excluding tert-OH is 1. The third-order valence-electron chi connectivity index (χ3n) is 7.05. The fraction of sp³-hybridized carbons (Fsp3) is 0.708. The van der Waals surface area contributed by atoms with Crippen molar-refractivity contribution in [1.82, 2.24) is 9.80 Å². The Labute approximate surface area is 175 Å². The molecule has 1 N–H and O–H groups in total. The molecule has 0 spiro atoms. The minimum absolute atomic E-state index is 0.0168. The molecule has 2 heterocycles. The number of carbonyl (C=O) groups is 1. The summed E-state index contributed by atoms with van der Waals surface area (Å²) in [6, 6.07) is 10.4. The van der Waals surface area contributed by atoms with Crippen molar-refractivity contribution in [2.75, 3.05) is 32.8 Å². The summed E-state index contributed by atoms with van der Waals surface area (Å²) in [6.45, 7) is 3.91. The Morgan fingerprint density at radius 3 is 2.48 bits per heavy atom. The van der Waals surface area contributed by atoms with Crippen molar-refractivity contribution in [3.05, 3.63) is 35.9 Å². The van der Waals surface area contributed by atoms with E-state index in [-0.39, 0.29) is 24.2 Å². The first kappa shape index (κ1) is 20.8. The number of piperidine rings is 1. The highest BCUT2D eigenvalue weighted by Gasteiger charge is 2.37. The molecule has 2 saturated heterocycles. The van der Waals surface area contributed by atoms with E-state index in [0.29, 0.717) is 19.6 Å². The summed E-state index contributed by atoms with van der Waals surface area (Å²) in [5.41, 5.74) is 1.17. The van der Waals surface area contributed by atoms with Crippen molar-refractivity contribution in [1.29, 1.82) is 0 Å². The summed E-state index contributed by atoms with van der Waals surface area (Å²) in [6.07, 6.45) is 8.41. The van der Waals surface area contributed by atoms with Crippen LogP contribution in [0.2, 0.25) is 0 Å². The topological polar surface area (TPSA) is 53.0 Å². The molecule has 1 aliphatic carbocycles. The highest BCUT2D eigenvalue weighted by atomic mass is 16.5. The van der Waals surface area contributed by atoms with Gasteiger partial charge in [-0.25, -0.2) is 0 Å². The number of likely N-dealkylation sites (tertiary alicyclic amines) is 1. The molecule has 0 unspecified atom stereocenters. The predicted molar refractivity (Wildman–Crippen MR) is 114 cm³/mol. The second kappa shape index (κ2) is 10.1. The Morgan fingerprint density at radius 1 is 1.03 bits per heavy atom. The van der Waals surface area contributed by atoms with Gasteiger partial charge in [0.15, 0.2) is 0 Å². The summed E-state index contributed by atoms with van der Waals surface area (Å²) in [7, 11) is 0. The molecular formula is C24H36N2O3. The van der Waals surface area contributed by atoms with E-state index in [9.17, 15) is 9.90 Å². The maximum atomic E-state index is 13.2. The Hall–Kier alpha value is -1.43. The molecule has 0 bridgehead atoms. The van der Waals surface area contributed by atoms with E-state index in [1.165, 1.54) is 31.2 Å². The molecule has 160 valence electrons. The van der Waals surface area contributed by atoms with Crippen LogP contribution in [0.25, 0.3) is 0 Å². The van der Waals surface area contributed by atoms with E-state index in [1.807, 2.05) is 6.07 Å². The first-order chi connectivity index (χ1) is 14.2. The van der Waals surface area contributed by atoms with E-state index >= 15 is 0 Å². The number of benzene rings is 1. The highest BCUT2D eigenvalue weighted by molar-refractivity contribution is 5.77. The molecule has 4 rings (SSSR count). The second-order valence-electron chi connectivity index (χ2n) is 9.07. The first-order valence-electron chi connectivity index (χ1n) is 11.6. The monoisotopic (exact) mass is 400 g/mol. The highest BCUT2D eigenvalue weighted by Crippen LogP contribution is 2.33. The van der Waals surface area contributed by atoms with Crippen molar-refractivity contribution in [2.45, 2.75) is 69.6 Å². The van der Waals surface area contributed by atoms with E-state index in [0.717, 1.165) is 44.8 Å². The fourth-order valence-electron chi connectivity index (χ4n) is 5.34. The Bertz CT molecular complexity index is 639. The molecule has 3 fully saturated rings. The smallest absolute Gasteiger partial charge is 0.223 e. The molecule has 2 aliphatic heterocycles. The van der Waals surface area contributed by atoms with Gasteiger partial charge < -0.3 is 19.6 Å². The lowest BCUT2D eigenvalue weighted by atomic mass is 9.95. The van der Waals surface area contributed by atoms with Crippen molar-refractivity contribution in [3.63, 3.8) is 0 Å². The number of hydrogen-bond donors (Lipinski definition) is 1. The lowest BCUT2D eigenvalue weighted by Gasteiger charge is -2.44. The predicted octanol–water partition coefficient (Wildman–Crippen LogP) is 3.38. The quantitative estimate of drug-likeness (QED) is 0.795. The van der Waals surface area contributed by atoms with Crippen molar-refractivity contribution >= 4 is 5.91 Å². The minimum atomic E-state index is -0.169. The second-order valence-corrected chi connectivity index (χ2v) is 9.07. The van der Waals surface area contributed by atoms with Crippen LogP contribution in [-0.4, -0.2) is 65.8 Å². The van der Waals surface area contributed by atoms with Gasteiger partial charge in [0.05, 0.1) is 24.9 Å². The summed E-state index contributed by atoms with van der Waals surface area (Å²) >= 11 is 0. The fourth-order valence-corrected chi connectivity index (χ4v) is 5.34. The third-order valence-corrected chi connectivity index (χ3v) is 7.05. The molecule has 1 amide bonds. The van der Waals surface area contributed by atoms with Crippen LogP contribution in [0.5, 0.6) is 0 Å². The minimum Gasteiger partial charge on any atom is -0.393 e. The maximum Gasteiger partial charge on any atom is 0.223 e. The molecule has 0 radical (unpaired) electrons. The Balaban J connectivity index is 1.46. The lowest BCUT2D eigenvalue weighted by molar-refractivity contribution is -0.149. The van der Waals surface area contributed by atoms with Crippen LogP contribution >= 0.6 is 0 Å². The SMILES string of the molecule is O=C(CCC1CCCC1)N1CCO[C@@H](CN2CCC(O)CC2)[C@@H]1c1ccccc1. The number of nitrogens with zero attached hydrogens (tertiary/aromatic N) is 2. The van der Waals surface area contributed by atoms with Crippen LogP contribution in [0.3, 0.4) is 0 Å². The zero-order chi connectivity index (χ0) is 20.1. The van der Waals surface area contributed by atoms with Crippen LogP contribution in [-0.2, 0) is 9.53 Å². The molecular weight excluding hydrogens is 364 g/mol. The average Bonchev–Trinajstić information content (AvgIpc) is 3.28. The molecule has 29 heavy (non-hydrogen) atoms. The van der Waals surface area contributed by atoms with Gasteiger partial charge in [-0.3, -0.25) is 4.79 Å². The largest absolute Gasteiger partial charge is 0.393 e. The van der Waals surface area contributed by atoms with Crippen LogP contribution < -0.4 is 0 Å². The number of aliphatic hydroxyl groups is 1. The lowest BCUT2D eigenvalue weighted by Crippen LogP contribution is -2.52. The van der Waals surface area contributed by atoms with Gasteiger partial charge in [-0.15, -0.1) is 0 Å². The van der Waals surface area contributed by atoms with Gasteiger partial charge in [-0.05, 0) is 30.7 Å². The van der Waals surface area contributed by atoms with Gasteiger partial charge in [0, 0.05) is 32.6 Å². The third kappa shape index (κ3) is 5.39. The number of carbonyl (C=O) groups excluding carboxylic acids is 1. The number of rotatable bonds is 6. The molecule has 5 nitrogen and oxygen atoms in total. The number of amides is 1. The summed E-state index contributed by atoms with van der Waals surface area (Å²) < 4.78 is 6.23. The molecule has 5 heteroatoms. The van der Waals surface area contributed by atoms with Gasteiger partial charge in [0.2, 0.25) is 5.91 Å². The van der Waals surface area contributed by atoms with Crippen molar-refractivity contribution < 1.29 is 14.6 Å². The van der Waals surface area contributed by atoms with Crippen molar-refractivity contribution in [2.24, 2.45) is 5.92 Å². The zero-order valence-electron chi connectivity index (χ0n) is 17.5. The van der Waals surface area contributed by atoms with Crippen molar-refractivity contribution in [3.8, 4) is 0 Å². The molecule has 1 saturated carbocycles. The van der Waals surface area contributed by atoms with Crippen LogP contribution in [0, 0.1) is 5.92 Å². The number of hydrogen-bond acceptors (Lipinski definition) is 4. The van der Waals surface area contributed by atoms with E-state index in [4.69, 9.17) is 4.74 Å². The molecule has 1 aromatic carbocycles. The van der Waals surface area contributed by atoms with Gasteiger partial charge in [-0.2, -0.15) is 0 Å². The molecule has 0 aromatic heterocycles. The average molecular weight is 401 g/mol. The Kier molecular flexibility index (Phi) is 7.22. The van der Waals surface area contributed by atoms with Crippen LogP contribution in [0.15, 0.2) is 30.3 Å².